The molecule has 14 heavy (non-hydrogen) atoms. The van der Waals surface area contributed by atoms with E-state index in [2.05, 4.69) is 10.2 Å². The molecular weight excluding hydrogens is 178 g/mol. The number of nitrogens with one attached hydrogen (secondary N) is 1. The van der Waals surface area contributed by atoms with Crippen LogP contribution in [0.15, 0.2) is 23.7 Å². The van der Waals surface area contributed by atoms with Gasteiger partial charge in [0.1, 0.15) is 0 Å². The van der Waals surface area contributed by atoms with Crippen LogP contribution in [0.5, 0.6) is 0 Å². The summed E-state index contributed by atoms with van der Waals surface area (Å²) in [5.74, 6) is 0.285. The molecule has 0 bridgehead atoms. The topological polar surface area (TPSA) is 93.3 Å². The largest absolute Gasteiger partial charge is 0.401 e. The molecule has 0 aliphatic carbocycles. The highest BCUT2D eigenvalue weighted by atomic mass is 15.2. The van der Waals surface area contributed by atoms with Gasteiger partial charge in [0.15, 0.2) is 0 Å². The second-order valence-corrected chi connectivity index (χ2v) is 3.43. The third-order valence-corrected chi connectivity index (χ3v) is 2.11. The average Bonchev–Trinajstić information content (AvgIpc) is 2.16. The van der Waals surface area contributed by atoms with Crippen LogP contribution in [0.2, 0.25) is 0 Å². The summed E-state index contributed by atoms with van der Waals surface area (Å²) in [6.07, 6.45) is 3.38. The Balaban J connectivity index is 2.34. The number of nitrogens with zero attached hydrogens (tertiary/aromatic N) is 1. The van der Waals surface area contributed by atoms with Crippen LogP contribution in [0.4, 0.5) is 0 Å². The highest BCUT2D eigenvalue weighted by Gasteiger charge is 2.08. The van der Waals surface area contributed by atoms with Gasteiger partial charge in [0, 0.05) is 38.4 Å². The summed E-state index contributed by atoms with van der Waals surface area (Å²) in [4.78, 5) is 2.29. The van der Waals surface area contributed by atoms with E-state index in [9.17, 15) is 0 Å². The molecule has 0 saturated carbocycles. The van der Waals surface area contributed by atoms with Crippen molar-refractivity contribution in [1.82, 2.24) is 10.2 Å². The molecule has 0 atom stereocenters. The Kier molecular flexibility index (Phi) is 4.28. The van der Waals surface area contributed by atoms with E-state index in [1.165, 1.54) is 0 Å². The van der Waals surface area contributed by atoms with E-state index in [-0.39, 0.29) is 5.82 Å². The van der Waals surface area contributed by atoms with Crippen LogP contribution in [-0.2, 0) is 0 Å². The number of piperazine rings is 1. The smallest absolute Gasteiger partial charge is 0.0934 e. The Morgan fingerprint density at radius 1 is 1.14 bits per heavy atom. The Morgan fingerprint density at radius 3 is 2.36 bits per heavy atom. The fraction of sp³-hybridized carbons (Fsp3) is 0.556. The molecule has 0 aromatic heterocycles. The standard InChI is InChI=1S/C9H19N5/c10-8(1-2-9(11)12)7-14-5-3-13-4-6-14/h1-2,13H,3-7,10-12H2/b8-1-. The quantitative estimate of drug-likeness (QED) is 0.413. The monoisotopic (exact) mass is 197 g/mol. The van der Waals surface area contributed by atoms with E-state index in [0.29, 0.717) is 0 Å². The molecule has 1 aliphatic rings. The molecule has 0 unspecified atom stereocenters. The maximum atomic E-state index is 5.80. The molecule has 0 aromatic rings. The highest BCUT2D eigenvalue weighted by molar-refractivity contribution is 5.13. The lowest BCUT2D eigenvalue weighted by molar-refractivity contribution is 0.259. The third kappa shape index (κ3) is 4.15. The minimum absolute atomic E-state index is 0.285. The minimum atomic E-state index is 0.285. The molecule has 7 N–H and O–H groups in total. The van der Waals surface area contributed by atoms with Gasteiger partial charge in [0.25, 0.3) is 0 Å². The van der Waals surface area contributed by atoms with Gasteiger partial charge in [-0.25, -0.2) is 0 Å². The van der Waals surface area contributed by atoms with Crippen molar-refractivity contribution >= 4 is 0 Å². The van der Waals surface area contributed by atoms with Gasteiger partial charge in [-0.1, -0.05) is 0 Å². The predicted octanol–water partition coefficient (Wildman–Crippen LogP) is -1.51. The van der Waals surface area contributed by atoms with E-state index in [4.69, 9.17) is 17.2 Å². The molecule has 80 valence electrons. The number of hydrogen-bond acceptors (Lipinski definition) is 5. The second-order valence-electron chi connectivity index (χ2n) is 3.43. The summed E-state index contributed by atoms with van der Waals surface area (Å²) in [6.45, 7) is 4.92. The molecule has 0 amide bonds. The molecule has 5 heteroatoms. The van der Waals surface area contributed by atoms with E-state index in [1.807, 2.05) is 0 Å². The number of hydrogen-bond donors (Lipinski definition) is 4. The predicted molar refractivity (Wildman–Crippen MR) is 58.0 cm³/mol. The molecule has 5 nitrogen and oxygen atoms in total. The minimum Gasteiger partial charge on any atom is -0.401 e. The Bertz CT molecular complexity index is 223. The Labute approximate surface area is 84.6 Å². The molecule has 1 aliphatic heterocycles. The van der Waals surface area contributed by atoms with E-state index in [0.717, 1.165) is 38.4 Å². The summed E-state index contributed by atoms with van der Waals surface area (Å²) in [6, 6.07) is 0. The lowest BCUT2D eigenvalue weighted by atomic mass is 10.3. The van der Waals surface area contributed by atoms with Gasteiger partial charge in [0.2, 0.25) is 0 Å². The van der Waals surface area contributed by atoms with Crippen molar-refractivity contribution in [3.63, 3.8) is 0 Å². The lowest BCUT2D eigenvalue weighted by Crippen LogP contribution is -2.44. The van der Waals surface area contributed by atoms with Crippen LogP contribution in [0.25, 0.3) is 0 Å². The summed E-state index contributed by atoms with van der Waals surface area (Å²) in [5, 5.41) is 3.28. The molecule has 1 saturated heterocycles. The Morgan fingerprint density at radius 2 is 1.79 bits per heavy atom. The van der Waals surface area contributed by atoms with Crippen molar-refractivity contribution < 1.29 is 0 Å². The SMILES string of the molecule is NC(N)=C/C=C(\N)CN1CCNCC1. The van der Waals surface area contributed by atoms with Crippen LogP contribution in [0, 0.1) is 0 Å². The van der Waals surface area contributed by atoms with E-state index in [1.54, 1.807) is 12.2 Å². The second kappa shape index (κ2) is 5.51. The molecule has 0 aromatic carbocycles. The zero-order valence-corrected chi connectivity index (χ0v) is 8.37. The summed E-state index contributed by atoms with van der Waals surface area (Å²) in [5.41, 5.74) is 17.2. The van der Waals surface area contributed by atoms with Gasteiger partial charge in [-0.3, -0.25) is 4.90 Å². The van der Waals surface area contributed by atoms with Crippen molar-refractivity contribution in [3.05, 3.63) is 23.7 Å². The zero-order valence-electron chi connectivity index (χ0n) is 8.37. The number of rotatable bonds is 3. The lowest BCUT2D eigenvalue weighted by Gasteiger charge is -2.27. The molecular formula is C9H19N5. The van der Waals surface area contributed by atoms with Gasteiger partial charge in [-0.2, -0.15) is 0 Å². The van der Waals surface area contributed by atoms with Gasteiger partial charge >= 0.3 is 0 Å². The third-order valence-electron chi connectivity index (χ3n) is 2.11. The van der Waals surface area contributed by atoms with Gasteiger partial charge < -0.3 is 22.5 Å². The van der Waals surface area contributed by atoms with Gasteiger partial charge in [-0.05, 0) is 12.2 Å². The van der Waals surface area contributed by atoms with Gasteiger partial charge in [0.05, 0.1) is 5.82 Å². The normalized spacial score (nSPS) is 19.3. The molecule has 1 fully saturated rings. The summed E-state index contributed by atoms with van der Waals surface area (Å²) in [7, 11) is 0. The molecule has 0 radical (unpaired) electrons. The van der Waals surface area contributed by atoms with Crippen LogP contribution in [0.1, 0.15) is 0 Å². The maximum absolute atomic E-state index is 5.80. The van der Waals surface area contributed by atoms with Crippen molar-refractivity contribution in [2.24, 2.45) is 17.2 Å². The van der Waals surface area contributed by atoms with Crippen LogP contribution >= 0.6 is 0 Å². The highest BCUT2D eigenvalue weighted by Crippen LogP contribution is 1.96. The Hall–Kier alpha value is -1.20. The van der Waals surface area contributed by atoms with Crippen molar-refractivity contribution in [3.8, 4) is 0 Å². The molecule has 1 rings (SSSR count). The number of allylic oxidation sites excluding steroid dienone is 2. The first-order valence-electron chi connectivity index (χ1n) is 4.79. The first kappa shape index (κ1) is 10.9. The van der Waals surface area contributed by atoms with Gasteiger partial charge in [-0.15, -0.1) is 0 Å². The van der Waals surface area contributed by atoms with Crippen molar-refractivity contribution in [2.75, 3.05) is 32.7 Å². The van der Waals surface area contributed by atoms with Crippen LogP contribution in [0.3, 0.4) is 0 Å². The van der Waals surface area contributed by atoms with Crippen molar-refractivity contribution in [2.45, 2.75) is 0 Å². The fourth-order valence-corrected chi connectivity index (χ4v) is 1.38. The first-order valence-corrected chi connectivity index (χ1v) is 4.79. The summed E-state index contributed by atoms with van der Waals surface area (Å²) < 4.78 is 0. The first-order chi connectivity index (χ1) is 6.68. The molecule has 0 spiro atoms. The van der Waals surface area contributed by atoms with Crippen LogP contribution < -0.4 is 22.5 Å². The fourth-order valence-electron chi connectivity index (χ4n) is 1.38. The molecule has 1 heterocycles. The van der Waals surface area contributed by atoms with E-state index < -0.39 is 0 Å². The maximum Gasteiger partial charge on any atom is 0.0934 e. The zero-order chi connectivity index (χ0) is 10.4. The van der Waals surface area contributed by atoms with Crippen molar-refractivity contribution in [1.29, 1.82) is 0 Å². The number of nitrogens with two attached hydrogens (primary N) is 3. The van der Waals surface area contributed by atoms with E-state index >= 15 is 0 Å². The average molecular weight is 197 g/mol. The van der Waals surface area contributed by atoms with Crippen LogP contribution in [-0.4, -0.2) is 37.6 Å². The summed E-state index contributed by atoms with van der Waals surface area (Å²) >= 11 is 0.